The van der Waals surface area contributed by atoms with E-state index in [4.69, 9.17) is 0 Å². The summed E-state index contributed by atoms with van der Waals surface area (Å²) in [6.07, 6.45) is 74.2. The molecule has 0 aromatic rings. The van der Waals surface area contributed by atoms with Crippen molar-refractivity contribution < 1.29 is 15.0 Å². The number of allylic oxidation sites excluding steroid dienone is 21. The van der Waals surface area contributed by atoms with Gasteiger partial charge >= 0.3 is 0 Å². The molecule has 320 valence electrons. The van der Waals surface area contributed by atoms with Gasteiger partial charge in [0, 0.05) is 6.42 Å². The Labute approximate surface area is 351 Å². The Kier molecular flexibility index (Phi) is 44.1. The maximum absolute atomic E-state index is 12.4. The molecule has 57 heavy (non-hydrogen) atoms. The Hall–Kier alpha value is -3.47. The van der Waals surface area contributed by atoms with Gasteiger partial charge in [0.25, 0.3) is 0 Å². The number of hydrogen-bond donors (Lipinski definition) is 3. The summed E-state index contributed by atoms with van der Waals surface area (Å²) in [5.41, 5.74) is 0. The van der Waals surface area contributed by atoms with Crippen molar-refractivity contribution in [2.45, 2.75) is 187 Å². The number of hydrogen-bond acceptors (Lipinski definition) is 3. The van der Waals surface area contributed by atoms with Gasteiger partial charge in [-0.15, -0.1) is 0 Å². The molecule has 3 N–H and O–H groups in total. The number of unbranched alkanes of at least 4 members (excludes halogenated alkanes) is 12. The second-order valence-corrected chi connectivity index (χ2v) is 14.7. The van der Waals surface area contributed by atoms with Gasteiger partial charge in [0.05, 0.1) is 18.8 Å². The fraction of sp³-hybridized carbons (Fsp3) is 0.566. The molecule has 1 amide bonds. The topological polar surface area (TPSA) is 69.6 Å². The van der Waals surface area contributed by atoms with Crippen LogP contribution < -0.4 is 5.32 Å². The van der Waals surface area contributed by atoms with Gasteiger partial charge in [-0.1, -0.05) is 192 Å². The van der Waals surface area contributed by atoms with E-state index in [-0.39, 0.29) is 12.5 Å². The molecule has 0 aliphatic rings. The van der Waals surface area contributed by atoms with Gasteiger partial charge < -0.3 is 15.5 Å². The van der Waals surface area contributed by atoms with Crippen LogP contribution in [-0.4, -0.2) is 34.9 Å². The zero-order valence-corrected chi connectivity index (χ0v) is 36.5. The van der Waals surface area contributed by atoms with Crippen LogP contribution in [0.1, 0.15) is 174 Å². The van der Waals surface area contributed by atoms with Crippen LogP contribution >= 0.6 is 0 Å². The summed E-state index contributed by atoms with van der Waals surface area (Å²) in [7, 11) is 0. The van der Waals surface area contributed by atoms with Gasteiger partial charge in [-0.25, -0.2) is 0 Å². The predicted molar refractivity (Wildman–Crippen MR) is 252 cm³/mol. The second-order valence-electron chi connectivity index (χ2n) is 14.7. The molecule has 0 rings (SSSR count). The Morgan fingerprint density at radius 2 is 0.789 bits per heavy atom. The number of aliphatic hydroxyl groups is 2. The van der Waals surface area contributed by atoms with E-state index in [1.165, 1.54) is 57.8 Å². The van der Waals surface area contributed by atoms with E-state index in [1.54, 1.807) is 6.08 Å². The molecule has 0 saturated carbocycles. The van der Waals surface area contributed by atoms with Crippen molar-refractivity contribution in [3.05, 3.63) is 134 Å². The highest BCUT2D eigenvalue weighted by atomic mass is 16.3. The predicted octanol–water partition coefficient (Wildman–Crippen LogP) is 14.7. The minimum atomic E-state index is -0.899. The smallest absolute Gasteiger partial charge is 0.220 e. The molecule has 0 aliphatic carbocycles. The van der Waals surface area contributed by atoms with Crippen molar-refractivity contribution in [2.75, 3.05) is 6.61 Å². The van der Waals surface area contributed by atoms with Crippen molar-refractivity contribution in [1.82, 2.24) is 5.32 Å². The minimum absolute atomic E-state index is 0.127. The molecule has 2 atom stereocenters. The van der Waals surface area contributed by atoms with Crippen LogP contribution in [0, 0.1) is 0 Å². The van der Waals surface area contributed by atoms with Crippen LogP contribution in [0.25, 0.3) is 0 Å². The SMILES string of the molecule is CC/C=C\C/C=C\C/C=C\C/C=C\C/C=C\C/C=C\C/C=C\C/C=C\CCCCC(=O)NC(CO)C(O)/C=C/CC/C=C/CC/C=C/CCCCCCCCCC. The first kappa shape index (κ1) is 53.5. The molecule has 0 aromatic heterocycles. The van der Waals surface area contributed by atoms with E-state index >= 15 is 0 Å². The number of nitrogens with one attached hydrogen (secondary N) is 1. The van der Waals surface area contributed by atoms with E-state index in [0.29, 0.717) is 6.42 Å². The number of carbonyl (C=O) groups is 1. The summed E-state index contributed by atoms with van der Waals surface area (Å²) in [6, 6.07) is -0.679. The Bertz CT molecular complexity index is 1210. The van der Waals surface area contributed by atoms with E-state index in [0.717, 1.165) is 96.3 Å². The molecule has 4 heteroatoms. The molecule has 4 nitrogen and oxygen atoms in total. The molecular formula is C53H85NO3. The van der Waals surface area contributed by atoms with Gasteiger partial charge in [0.2, 0.25) is 5.91 Å². The molecule has 0 aromatic carbocycles. The van der Waals surface area contributed by atoms with Crippen molar-refractivity contribution in [3.63, 3.8) is 0 Å². The maximum atomic E-state index is 12.4. The zero-order chi connectivity index (χ0) is 41.4. The molecule has 0 heterocycles. The minimum Gasteiger partial charge on any atom is -0.394 e. The van der Waals surface area contributed by atoms with Gasteiger partial charge in [-0.05, 0) is 109 Å². The first-order valence-electron chi connectivity index (χ1n) is 22.9. The largest absolute Gasteiger partial charge is 0.394 e. The summed E-state index contributed by atoms with van der Waals surface area (Å²) in [5.74, 6) is -0.127. The lowest BCUT2D eigenvalue weighted by Crippen LogP contribution is -2.45. The molecule has 2 unspecified atom stereocenters. The van der Waals surface area contributed by atoms with Crippen molar-refractivity contribution in [2.24, 2.45) is 0 Å². The fourth-order valence-electron chi connectivity index (χ4n) is 5.87. The van der Waals surface area contributed by atoms with E-state index in [9.17, 15) is 15.0 Å². The molecule has 0 aliphatic heterocycles. The van der Waals surface area contributed by atoms with Gasteiger partial charge in [-0.3, -0.25) is 4.79 Å². The summed E-state index contributed by atoms with van der Waals surface area (Å²) < 4.78 is 0. The number of aliphatic hydroxyl groups excluding tert-OH is 2. The summed E-state index contributed by atoms with van der Waals surface area (Å²) >= 11 is 0. The van der Waals surface area contributed by atoms with Gasteiger partial charge in [0.15, 0.2) is 0 Å². The molecular weight excluding hydrogens is 699 g/mol. The average Bonchev–Trinajstić information content (AvgIpc) is 3.22. The van der Waals surface area contributed by atoms with Crippen LogP contribution in [0.4, 0.5) is 0 Å². The van der Waals surface area contributed by atoms with E-state index in [1.807, 2.05) is 6.08 Å². The van der Waals surface area contributed by atoms with Gasteiger partial charge in [0.1, 0.15) is 0 Å². The maximum Gasteiger partial charge on any atom is 0.220 e. The van der Waals surface area contributed by atoms with Crippen molar-refractivity contribution in [1.29, 1.82) is 0 Å². The molecule has 0 radical (unpaired) electrons. The average molecular weight is 784 g/mol. The molecule has 0 fully saturated rings. The highest BCUT2D eigenvalue weighted by molar-refractivity contribution is 5.76. The van der Waals surface area contributed by atoms with Crippen molar-refractivity contribution in [3.8, 4) is 0 Å². The second kappa shape index (κ2) is 46.9. The van der Waals surface area contributed by atoms with E-state index < -0.39 is 12.1 Å². The van der Waals surface area contributed by atoms with Crippen LogP contribution in [0.5, 0.6) is 0 Å². The number of amides is 1. The highest BCUT2D eigenvalue weighted by Gasteiger charge is 2.17. The fourth-order valence-corrected chi connectivity index (χ4v) is 5.87. The third-order valence-electron chi connectivity index (χ3n) is 9.35. The third kappa shape index (κ3) is 43.5. The quantitative estimate of drug-likeness (QED) is 0.0429. The van der Waals surface area contributed by atoms with Crippen LogP contribution in [0.3, 0.4) is 0 Å². The Morgan fingerprint density at radius 3 is 1.23 bits per heavy atom. The lowest BCUT2D eigenvalue weighted by molar-refractivity contribution is -0.123. The monoisotopic (exact) mass is 784 g/mol. The normalized spacial score (nSPS) is 14.2. The third-order valence-corrected chi connectivity index (χ3v) is 9.35. The Morgan fingerprint density at radius 1 is 0.439 bits per heavy atom. The lowest BCUT2D eigenvalue weighted by Gasteiger charge is -2.19. The summed E-state index contributed by atoms with van der Waals surface area (Å²) in [5, 5.41) is 23.0. The Balaban J connectivity index is 3.82. The van der Waals surface area contributed by atoms with Crippen molar-refractivity contribution >= 4 is 5.91 Å². The standard InChI is InChI=1S/C53H85NO3/c1-3-5-7-9-11-13-15-17-19-21-23-24-25-26-27-28-29-30-31-33-35-37-39-41-43-45-47-49-53(57)54-51(50-55)52(56)48-46-44-42-40-38-36-34-32-22-20-18-16-14-12-10-8-6-4-2/h5,7,11,13,17,19,22-24,26-27,29-30,32-33,35,38-41,46,48,51-52,55-56H,3-4,6,8-10,12,14-16,18,20-21,25,28,31,34,36-37,42-45,47,49-50H2,1-2H3,(H,54,57)/b7-5-,13-11-,19-17-,24-23-,27-26-,30-29-,32-22+,35-33-,40-38+,41-39-,48-46+. The first-order chi connectivity index (χ1) is 28.2. The molecule has 0 saturated heterocycles. The summed E-state index contributed by atoms with van der Waals surface area (Å²) in [6.45, 7) is 4.14. The van der Waals surface area contributed by atoms with Gasteiger partial charge in [-0.2, -0.15) is 0 Å². The molecule has 0 spiro atoms. The summed E-state index contributed by atoms with van der Waals surface area (Å²) in [4.78, 5) is 12.4. The van der Waals surface area contributed by atoms with Crippen LogP contribution in [-0.2, 0) is 4.79 Å². The molecule has 0 bridgehead atoms. The number of rotatable bonds is 39. The first-order valence-corrected chi connectivity index (χ1v) is 22.9. The number of carbonyl (C=O) groups excluding carboxylic acids is 1. The van der Waals surface area contributed by atoms with Crippen LogP contribution in [0.15, 0.2) is 134 Å². The van der Waals surface area contributed by atoms with E-state index in [2.05, 4.69) is 141 Å². The van der Waals surface area contributed by atoms with Crippen LogP contribution in [0.2, 0.25) is 0 Å². The highest BCUT2D eigenvalue weighted by Crippen LogP contribution is 2.10. The lowest BCUT2D eigenvalue weighted by atomic mass is 10.1. The zero-order valence-electron chi connectivity index (χ0n) is 36.5.